The van der Waals surface area contributed by atoms with Crippen molar-refractivity contribution in [1.29, 1.82) is 0 Å². The van der Waals surface area contributed by atoms with Gasteiger partial charge in [-0.15, -0.1) is 0 Å². The number of anilines is 1. The molecule has 0 fully saturated rings. The first kappa shape index (κ1) is 15.3. The molecule has 0 aliphatic carbocycles. The summed E-state index contributed by atoms with van der Waals surface area (Å²) < 4.78 is 20.6. The van der Waals surface area contributed by atoms with Crippen molar-refractivity contribution in [3.8, 4) is 5.75 Å². The molecule has 0 spiro atoms. The molecule has 4 rings (SSSR count). The van der Waals surface area contributed by atoms with Gasteiger partial charge in [0.2, 0.25) is 11.9 Å². The summed E-state index contributed by atoms with van der Waals surface area (Å²) in [5.74, 6) is 0.757. The molecule has 1 aliphatic heterocycles. The first-order valence-electron chi connectivity index (χ1n) is 7.85. The van der Waals surface area contributed by atoms with Crippen molar-refractivity contribution < 1.29 is 13.9 Å². The van der Waals surface area contributed by atoms with E-state index in [9.17, 15) is 9.18 Å². The summed E-state index contributed by atoms with van der Waals surface area (Å²) in [7, 11) is 0. The average Bonchev–Trinajstić information content (AvgIpc) is 3.08. The zero-order valence-electron chi connectivity index (χ0n) is 13.2. The lowest BCUT2D eigenvalue weighted by atomic mass is 10.0. The van der Waals surface area contributed by atoms with E-state index in [2.05, 4.69) is 15.4 Å². The van der Waals surface area contributed by atoms with Gasteiger partial charge < -0.3 is 4.74 Å². The number of aromatic nitrogens is 3. The third-order valence-corrected chi connectivity index (χ3v) is 4.06. The van der Waals surface area contributed by atoms with Gasteiger partial charge in [-0.2, -0.15) is 10.1 Å². The standard InChI is InChI=1S/C18H15FN4O2/c19-14-3-1-2-12(8-14)10-25-15-6-4-13(5-7-15)16-9-17(24)22-18-20-11-21-23(16)18/h1-8,11,16H,9-10H2,(H,20,21,22,24)/t16-/m0/s1. The van der Waals surface area contributed by atoms with Crippen molar-refractivity contribution in [2.45, 2.75) is 19.1 Å². The van der Waals surface area contributed by atoms with Crippen LogP contribution in [0, 0.1) is 5.82 Å². The number of rotatable bonds is 4. The fraction of sp³-hybridized carbons (Fsp3) is 0.167. The molecule has 0 saturated heterocycles. The Hall–Kier alpha value is -3.22. The quantitative estimate of drug-likeness (QED) is 0.794. The molecule has 0 unspecified atom stereocenters. The summed E-state index contributed by atoms with van der Waals surface area (Å²) in [5.41, 5.74) is 1.71. The molecule has 0 radical (unpaired) electrons. The molecule has 6 nitrogen and oxygen atoms in total. The van der Waals surface area contributed by atoms with E-state index in [4.69, 9.17) is 4.74 Å². The second kappa shape index (κ2) is 6.35. The Morgan fingerprint density at radius 2 is 2.08 bits per heavy atom. The minimum absolute atomic E-state index is 0.0862. The lowest BCUT2D eigenvalue weighted by Gasteiger charge is -2.23. The largest absolute Gasteiger partial charge is 0.489 e. The van der Waals surface area contributed by atoms with Gasteiger partial charge in [0.1, 0.15) is 24.5 Å². The first-order valence-corrected chi connectivity index (χ1v) is 7.85. The van der Waals surface area contributed by atoms with E-state index in [1.54, 1.807) is 10.7 Å². The molecule has 1 amide bonds. The zero-order chi connectivity index (χ0) is 17.2. The maximum atomic E-state index is 13.2. The van der Waals surface area contributed by atoms with Crippen LogP contribution in [0.25, 0.3) is 0 Å². The summed E-state index contributed by atoms with van der Waals surface area (Å²) >= 11 is 0. The summed E-state index contributed by atoms with van der Waals surface area (Å²) in [6, 6.07) is 13.6. The molecule has 1 atom stereocenters. The van der Waals surface area contributed by atoms with Gasteiger partial charge in [0.05, 0.1) is 12.5 Å². The predicted molar refractivity (Wildman–Crippen MR) is 88.6 cm³/mol. The van der Waals surface area contributed by atoms with E-state index in [0.29, 0.717) is 18.1 Å². The van der Waals surface area contributed by atoms with E-state index in [-0.39, 0.29) is 24.4 Å². The Labute approximate surface area is 143 Å². The van der Waals surface area contributed by atoms with Gasteiger partial charge in [-0.1, -0.05) is 24.3 Å². The Morgan fingerprint density at radius 3 is 2.88 bits per heavy atom. The molecule has 0 saturated carbocycles. The Balaban J connectivity index is 1.48. The molecule has 1 aliphatic rings. The molecule has 126 valence electrons. The van der Waals surface area contributed by atoms with Crippen LogP contribution in [-0.4, -0.2) is 20.7 Å². The number of amides is 1. The van der Waals surface area contributed by atoms with Crippen LogP contribution in [-0.2, 0) is 11.4 Å². The Kier molecular flexibility index (Phi) is 3.89. The second-order valence-corrected chi connectivity index (χ2v) is 5.78. The van der Waals surface area contributed by atoms with E-state index < -0.39 is 0 Å². The van der Waals surface area contributed by atoms with Crippen molar-refractivity contribution in [3.05, 3.63) is 71.8 Å². The molecule has 3 aromatic rings. The normalized spacial score (nSPS) is 16.2. The van der Waals surface area contributed by atoms with Crippen LogP contribution in [0.2, 0.25) is 0 Å². The number of hydrogen-bond donors (Lipinski definition) is 1. The number of ether oxygens (including phenoxy) is 1. The molecule has 0 bridgehead atoms. The van der Waals surface area contributed by atoms with Gasteiger partial charge in [0.25, 0.3) is 0 Å². The van der Waals surface area contributed by atoms with E-state index in [1.165, 1.54) is 18.5 Å². The van der Waals surface area contributed by atoms with Gasteiger partial charge >= 0.3 is 0 Å². The summed E-state index contributed by atoms with van der Waals surface area (Å²) in [6.07, 6.45) is 1.73. The number of benzene rings is 2. The molecule has 1 N–H and O–H groups in total. The minimum atomic E-state index is -0.282. The summed E-state index contributed by atoms with van der Waals surface area (Å²) in [4.78, 5) is 15.8. The monoisotopic (exact) mass is 338 g/mol. The highest BCUT2D eigenvalue weighted by molar-refractivity contribution is 5.91. The highest BCUT2D eigenvalue weighted by atomic mass is 19.1. The van der Waals surface area contributed by atoms with Crippen molar-refractivity contribution in [2.24, 2.45) is 0 Å². The maximum Gasteiger partial charge on any atom is 0.229 e. The molecule has 7 heteroatoms. The third kappa shape index (κ3) is 3.21. The third-order valence-electron chi connectivity index (χ3n) is 4.06. The van der Waals surface area contributed by atoms with Gasteiger partial charge in [-0.25, -0.2) is 9.07 Å². The zero-order valence-corrected chi connectivity index (χ0v) is 13.2. The number of fused-ring (bicyclic) bond motifs is 1. The van der Waals surface area contributed by atoms with E-state index >= 15 is 0 Å². The smallest absolute Gasteiger partial charge is 0.229 e. The van der Waals surface area contributed by atoms with Crippen LogP contribution in [0.5, 0.6) is 5.75 Å². The van der Waals surface area contributed by atoms with Crippen LogP contribution < -0.4 is 10.1 Å². The topological polar surface area (TPSA) is 69.0 Å². The molecule has 2 heterocycles. The predicted octanol–water partition coefficient (Wildman–Crippen LogP) is 2.93. The summed E-state index contributed by atoms with van der Waals surface area (Å²) in [5, 5.41) is 6.87. The first-order chi connectivity index (χ1) is 12.2. The van der Waals surface area contributed by atoms with Crippen molar-refractivity contribution in [2.75, 3.05) is 5.32 Å². The van der Waals surface area contributed by atoms with Crippen LogP contribution in [0.1, 0.15) is 23.6 Å². The molecular weight excluding hydrogens is 323 g/mol. The highest BCUT2D eigenvalue weighted by Crippen LogP contribution is 2.29. The Morgan fingerprint density at radius 1 is 1.24 bits per heavy atom. The number of nitrogens with zero attached hydrogens (tertiary/aromatic N) is 3. The van der Waals surface area contributed by atoms with Crippen LogP contribution in [0.4, 0.5) is 10.3 Å². The van der Waals surface area contributed by atoms with Crippen molar-refractivity contribution in [3.63, 3.8) is 0 Å². The van der Waals surface area contributed by atoms with Crippen molar-refractivity contribution in [1.82, 2.24) is 14.8 Å². The van der Waals surface area contributed by atoms with Gasteiger partial charge in [-0.3, -0.25) is 10.1 Å². The van der Waals surface area contributed by atoms with Crippen LogP contribution in [0.15, 0.2) is 54.9 Å². The number of nitrogens with one attached hydrogen (secondary N) is 1. The van der Waals surface area contributed by atoms with Gasteiger partial charge in [0.15, 0.2) is 0 Å². The number of halogens is 1. The van der Waals surface area contributed by atoms with E-state index in [1.807, 2.05) is 30.3 Å². The highest BCUT2D eigenvalue weighted by Gasteiger charge is 2.27. The maximum absolute atomic E-state index is 13.2. The number of hydrogen-bond acceptors (Lipinski definition) is 4. The second-order valence-electron chi connectivity index (χ2n) is 5.78. The molecule has 2 aromatic carbocycles. The average molecular weight is 338 g/mol. The van der Waals surface area contributed by atoms with Crippen LogP contribution >= 0.6 is 0 Å². The fourth-order valence-corrected chi connectivity index (χ4v) is 2.84. The lowest BCUT2D eigenvalue weighted by Crippen LogP contribution is -2.29. The fourth-order valence-electron chi connectivity index (χ4n) is 2.84. The lowest BCUT2D eigenvalue weighted by molar-refractivity contribution is -0.117. The number of carbonyl (C=O) groups excluding carboxylic acids is 1. The summed E-state index contributed by atoms with van der Waals surface area (Å²) in [6.45, 7) is 0.288. The van der Waals surface area contributed by atoms with Crippen LogP contribution in [0.3, 0.4) is 0 Å². The molecular formula is C18H15FN4O2. The van der Waals surface area contributed by atoms with Crippen molar-refractivity contribution >= 4 is 11.9 Å². The molecule has 1 aromatic heterocycles. The van der Waals surface area contributed by atoms with Gasteiger partial charge in [-0.05, 0) is 35.4 Å². The number of carbonyl (C=O) groups is 1. The molecule has 25 heavy (non-hydrogen) atoms. The van der Waals surface area contributed by atoms with Gasteiger partial charge in [0, 0.05) is 0 Å². The minimum Gasteiger partial charge on any atom is -0.489 e. The Bertz CT molecular complexity index is 907. The van der Waals surface area contributed by atoms with E-state index in [0.717, 1.165) is 11.1 Å². The SMILES string of the molecule is O=C1C[C@@H](c2ccc(OCc3cccc(F)c3)cc2)n2ncnc2N1.